The predicted molar refractivity (Wildman–Crippen MR) is 81.0 cm³/mol. The first kappa shape index (κ1) is 16.1. The molecule has 0 heterocycles. The number of carbonyl (C=O) groups excluding carboxylic acids is 1. The fourth-order valence-electron chi connectivity index (χ4n) is 3.90. The maximum Gasteiger partial charge on any atom is 0.329 e. The number of urea groups is 1. The summed E-state index contributed by atoms with van der Waals surface area (Å²) in [6.07, 6.45) is 5.03. The molecule has 0 saturated heterocycles. The molecule has 0 spiro atoms. The second kappa shape index (κ2) is 6.24. The molecular weight excluding hydrogens is 268 g/mol. The molecule has 21 heavy (non-hydrogen) atoms. The quantitative estimate of drug-likeness (QED) is 0.749. The molecule has 5 atom stereocenters. The molecule has 5 nitrogen and oxygen atoms in total. The molecule has 0 aliphatic heterocycles. The lowest BCUT2D eigenvalue weighted by molar-refractivity contribution is -0.146. The van der Waals surface area contributed by atoms with E-state index in [1.807, 2.05) is 0 Å². The largest absolute Gasteiger partial charge is 0.480 e. The minimum absolute atomic E-state index is 0.159. The van der Waals surface area contributed by atoms with E-state index in [0.717, 1.165) is 25.7 Å². The van der Waals surface area contributed by atoms with E-state index in [4.69, 9.17) is 0 Å². The summed E-state index contributed by atoms with van der Waals surface area (Å²) in [6.45, 7) is 6.40. The van der Waals surface area contributed by atoms with Gasteiger partial charge in [0.15, 0.2) is 0 Å². The fraction of sp³-hybridized carbons (Fsp3) is 0.875. The molecule has 3 N–H and O–H groups in total. The lowest BCUT2D eigenvalue weighted by Gasteiger charge is -2.37. The normalized spacial score (nSPS) is 39.8. The lowest BCUT2D eigenvalue weighted by atomic mass is 9.76. The summed E-state index contributed by atoms with van der Waals surface area (Å²) in [4.78, 5) is 23.9. The Bertz CT molecular complexity index is 412. The van der Waals surface area contributed by atoms with E-state index in [0.29, 0.717) is 30.6 Å². The molecule has 0 bridgehead atoms. The minimum Gasteiger partial charge on any atom is -0.480 e. The first-order valence-corrected chi connectivity index (χ1v) is 8.16. The van der Waals surface area contributed by atoms with Crippen molar-refractivity contribution in [2.24, 2.45) is 17.8 Å². The second-order valence-electron chi connectivity index (χ2n) is 7.21. The third-order valence-corrected chi connectivity index (χ3v) is 5.54. The summed E-state index contributed by atoms with van der Waals surface area (Å²) >= 11 is 0. The van der Waals surface area contributed by atoms with E-state index in [1.165, 1.54) is 0 Å². The van der Waals surface area contributed by atoms with E-state index >= 15 is 0 Å². The van der Waals surface area contributed by atoms with Crippen LogP contribution in [0.3, 0.4) is 0 Å². The maximum atomic E-state index is 12.3. The van der Waals surface area contributed by atoms with Crippen LogP contribution in [0.25, 0.3) is 0 Å². The average Bonchev–Trinajstić information content (AvgIpc) is 2.70. The Hall–Kier alpha value is -1.26. The third kappa shape index (κ3) is 3.50. The van der Waals surface area contributed by atoms with E-state index in [1.54, 1.807) is 0 Å². The molecule has 0 aromatic carbocycles. The van der Waals surface area contributed by atoms with Crippen molar-refractivity contribution in [2.75, 3.05) is 0 Å². The van der Waals surface area contributed by atoms with Crippen LogP contribution < -0.4 is 10.6 Å². The van der Waals surface area contributed by atoms with Crippen molar-refractivity contribution in [3.8, 4) is 0 Å². The van der Waals surface area contributed by atoms with Crippen LogP contribution in [-0.2, 0) is 4.79 Å². The summed E-state index contributed by atoms with van der Waals surface area (Å²) < 4.78 is 0. The van der Waals surface area contributed by atoms with Gasteiger partial charge in [-0.15, -0.1) is 0 Å². The molecule has 2 saturated carbocycles. The molecule has 2 rings (SSSR count). The van der Waals surface area contributed by atoms with Crippen LogP contribution in [0.5, 0.6) is 0 Å². The highest BCUT2D eigenvalue weighted by atomic mass is 16.4. The van der Waals surface area contributed by atoms with Crippen LogP contribution >= 0.6 is 0 Å². The van der Waals surface area contributed by atoms with Gasteiger partial charge in [0.05, 0.1) is 0 Å². The Morgan fingerprint density at radius 2 is 1.86 bits per heavy atom. The van der Waals surface area contributed by atoms with Crippen molar-refractivity contribution in [3.63, 3.8) is 0 Å². The van der Waals surface area contributed by atoms with Gasteiger partial charge < -0.3 is 15.7 Å². The van der Waals surface area contributed by atoms with Gasteiger partial charge in [-0.25, -0.2) is 9.59 Å². The van der Waals surface area contributed by atoms with Gasteiger partial charge in [0.1, 0.15) is 5.54 Å². The van der Waals surface area contributed by atoms with E-state index in [9.17, 15) is 14.7 Å². The average molecular weight is 296 g/mol. The van der Waals surface area contributed by atoms with Gasteiger partial charge in [0.25, 0.3) is 0 Å². The number of aliphatic carboxylic acids is 1. The zero-order chi connectivity index (χ0) is 15.6. The standard InChI is InChI=1S/C16H28N2O3/c1-10-5-4-8-16(9-10,14(19)20)18-15(21)17-13-7-6-11(2)12(13)3/h10-13H,4-9H2,1-3H3,(H,19,20)(H2,17,18,21). The van der Waals surface area contributed by atoms with Gasteiger partial charge in [-0.05, 0) is 43.4 Å². The lowest BCUT2D eigenvalue weighted by Crippen LogP contribution is -2.60. The first-order chi connectivity index (χ1) is 9.84. The number of carboxylic acid groups (broad SMARTS) is 1. The van der Waals surface area contributed by atoms with Crippen LogP contribution in [-0.4, -0.2) is 28.7 Å². The van der Waals surface area contributed by atoms with Crippen LogP contribution in [0.2, 0.25) is 0 Å². The summed E-state index contributed by atoms with van der Waals surface area (Å²) in [5, 5.41) is 15.3. The second-order valence-corrected chi connectivity index (χ2v) is 7.21. The van der Waals surface area contributed by atoms with Crippen LogP contribution in [0.4, 0.5) is 4.79 Å². The van der Waals surface area contributed by atoms with Crippen molar-refractivity contribution in [1.29, 1.82) is 0 Å². The number of rotatable bonds is 3. The van der Waals surface area contributed by atoms with Crippen molar-refractivity contribution in [2.45, 2.75) is 70.9 Å². The van der Waals surface area contributed by atoms with Crippen molar-refractivity contribution in [1.82, 2.24) is 10.6 Å². The zero-order valence-electron chi connectivity index (χ0n) is 13.3. The van der Waals surface area contributed by atoms with E-state index in [-0.39, 0.29) is 12.1 Å². The van der Waals surface area contributed by atoms with Gasteiger partial charge in [-0.1, -0.05) is 33.6 Å². The highest BCUT2D eigenvalue weighted by Crippen LogP contribution is 2.33. The van der Waals surface area contributed by atoms with Crippen molar-refractivity contribution < 1.29 is 14.7 Å². The fourth-order valence-corrected chi connectivity index (χ4v) is 3.90. The summed E-state index contributed by atoms with van der Waals surface area (Å²) in [5.41, 5.74) is -1.09. The Labute approximate surface area is 126 Å². The molecular formula is C16H28N2O3. The summed E-state index contributed by atoms with van der Waals surface area (Å²) in [5.74, 6) is 0.484. The summed E-state index contributed by atoms with van der Waals surface area (Å²) in [6, 6.07) is -0.163. The Kier molecular flexibility index (Phi) is 4.79. The maximum absolute atomic E-state index is 12.3. The molecule has 2 aliphatic rings. The smallest absolute Gasteiger partial charge is 0.329 e. The van der Waals surface area contributed by atoms with Gasteiger partial charge in [-0.3, -0.25) is 0 Å². The third-order valence-electron chi connectivity index (χ3n) is 5.54. The topological polar surface area (TPSA) is 78.4 Å². The predicted octanol–water partition coefficient (Wildman–Crippen LogP) is 2.75. The highest BCUT2D eigenvalue weighted by molar-refractivity contribution is 5.86. The number of carbonyl (C=O) groups is 2. The zero-order valence-corrected chi connectivity index (χ0v) is 13.3. The Morgan fingerprint density at radius 1 is 1.14 bits per heavy atom. The van der Waals surface area contributed by atoms with Crippen LogP contribution in [0.1, 0.15) is 59.3 Å². The molecule has 2 fully saturated rings. The van der Waals surface area contributed by atoms with E-state index < -0.39 is 11.5 Å². The van der Waals surface area contributed by atoms with E-state index in [2.05, 4.69) is 31.4 Å². The van der Waals surface area contributed by atoms with Crippen molar-refractivity contribution in [3.05, 3.63) is 0 Å². The number of amides is 2. The number of carboxylic acids is 1. The van der Waals surface area contributed by atoms with Crippen LogP contribution in [0, 0.1) is 17.8 Å². The number of hydrogen-bond acceptors (Lipinski definition) is 2. The van der Waals surface area contributed by atoms with Crippen molar-refractivity contribution >= 4 is 12.0 Å². The molecule has 5 heteroatoms. The Balaban J connectivity index is 1.97. The first-order valence-electron chi connectivity index (χ1n) is 8.16. The van der Waals surface area contributed by atoms with Gasteiger partial charge in [0, 0.05) is 6.04 Å². The molecule has 0 aromatic rings. The molecule has 5 unspecified atom stereocenters. The van der Waals surface area contributed by atoms with Crippen LogP contribution in [0.15, 0.2) is 0 Å². The Morgan fingerprint density at radius 3 is 2.38 bits per heavy atom. The number of hydrogen-bond donors (Lipinski definition) is 3. The molecule has 0 radical (unpaired) electrons. The number of nitrogens with one attached hydrogen (secondary N) is 2. The molecule has 0 aromatic heterocycles. The molecule has 2 amide bonds. The SMILES string of the molecule is CC1CCCC(NC(=O)NC2CCC(C)C2C)(C(=O)O)C1. The highest BCUT2D eigenvalue weighted by Gasteiger charge is 2.43. The molecule has 2 aliphatic carbocycles. The monoisotopic (exact) mass is 296 g/mol. The van der Waals surface area contributed by atoms with Gasteiger partial charge >= 0.3 is 12.0 Å². The van der Waals surface area contributed by atoms with Gasteiger partial charge in [-0.2, -0.15) is 0 Å². The van der Waals surface area contributed by atoms with Gasteiger partial charge in [0.2, 0.25) is 0 Å². The summed E-state index contributed by atoms with van der Waals surface area (Å²) in [7, 11) is 0. The minimum atomic E-state index is -1.09. The molecule has 120 valence electrons.